The van der Waals surface area contributed by atoms with Gasteiger partial charge >= 0.3 is 0 Å². The molecule has 5 heteroatoms. The van der Waals surface area contributed by atoms with Crippen LogP contribution in [0.1, 0.15) is 30.9 Å². The number of hydrogen-bond donors (Lipinski definition) is 2. The number of carbonyl (C=O) groups is 1. The molecule has 1 aromatic carbocycles. The number of halogens is 1. The first-order valence-corrected chi connectivity index (χ1v) is 7.81. The lowest BCUT2D eigenvalue weighted by Crippen LogP contribution is -2.49. The molecule has 124 valence electrons. The number of anilines is 1. The maximum atomic E-state index is 12.3. The number of hydrogen-bond acceptors (Lipinski definition) is 3. The average molecular weight is 326 g/mol. The van der Waals surface area contributed by atoms with Crippen molar-refractivity contribution in [1.82, 2.24) is 4.90 Å². The third-order valence-corrected chi connectivity index (χ3v) is 4.46. The Morgan fingerprint density at radius 2 is 2.00 bits per heavy atom. The van der Waals surface area contributed by atoms with Crippen LogP contribution < -0.4 is 11.1 Å². The summed E-state index contributed by atoms with van der Waals surface area (Å²) in [5.74, 6) is 0.761. The fraction of sp³-hybridized carbons (Fsp3) is 0.588. The molecule has 1 aliphatic heterocycles. The molecule has 22 heavy (non-hydrogen) atoms. The molecule has 0 aromatic heterocycles. The van der Waals surface area contributed by atoms with Crippen molar-refractivity contribution in [3.05, 3.63) is 29.3 Å². The smallest absolute Gasteiger partial charge is 0.238 e. The summed E-state index contributed by atoms with van der Waals surface area (Å²) in [6.45, 7) is 8.32. The summed E-state index contributed by atoms with van der Waals surface area (Å²) in [7, 11) is 0. The van der Waals surface area contributed by atoms with E-state index < -0.39 is 0 Å². The van der Waals surface area contributed by atoms with Crippen LogP contribution in [0, 0.1) is 19.8 Å². The van der Waals surface area contributed by atoms with Crippen molar-refractivity contribution in [2.24, 2.45) is 11.7 Å². The number of amides is 1. The molecule has 3 N–H and O–H groups in total. The van der Waals surface area contributed by atoms with E-state index in [2.05, 4.69) is 17.1 Å². The molecular formula is C17H28ClN3O. The van der Waals surface area contributed by atoms with Crippen LogP contribution in [0.2, 0.25) is 0 Å². The normalized spacial score (nSPS) is 22.0. The molecule has 0 bridgehead atoms. The van der Waals surface area contributed by atoms with Crippen LogP contribution in [-0.2, 0) is 4.79 Å². The lowest BCUT2D eigenvalue weighted by Gasteiger charge is -2.37. The molecule has 1 aliphatic rings. The van der Waals surface area contributed by atoms with Crippen molar-refractivity contribution < 1.29 is 4.79 Å². The highest BCUT2D eigenvalue weighted by atomic mass is 35.5. The number of rotatable bonds is 4. The summed E-state index contributed by atoms with van der Waals surface area (Å²) >= 11 is 0. The fourth-order valence-corrected chi connectivity index (χ4v) is 3.13. The minimum absolute atomic E-state index is 0. The van der Waals surface area contributed by atoms with Crippen molar-refractivity contribution in [3.63, 3.8) is 0 Å². The summed E-state index contributed by atoms with van der Waals surface area (Å²) in [6.07, 6.45) is 2.24. The Morgan fingerprint density at radius 1 is 1.36 bits per heavy atom. The van der Waals surface area contributed by atoms with Crippen molar-refractivity contribution in [3.8, 4) is 0 Å². The third-order valence-electron chi connectivity index (χ3n) is 4.46. The highest BCUT2D eigenvalue weighted by molar-refractivity contribution is 5.93. The Bertz CT molecular complexity index is 486. The van der Waals surface area contributed by atoms with E-state index >= 15 is 0 Å². The summed E-state index contributed by atoms with van der Waals surface area (Å²) in [4.78, 5) is 14.6. The van der Waals surface area contributed by atoms with Crippen molar-refractivity contribution in [2.75, 3.05) is 25.0 Å². The first-order valence-electron chi connectivity index (χ1n) is 7.81. The molecule has 1 heterocycles. The fourth-order valence-electron chi connectivity index (χ4n) is 3.13. The van der Waals surface area contributed by atoms with Gasteiger partial charge in [-0.25, -0.2) is 0 Å². The second-order valence-corrected chi connectivity index (χ2v) is 6.30. The Morgan fingerprint density at radius 3 is 2.59 bits per heavy atom. The highest BCUT2D eigenvalue weighted by Crippen LogP contribution is 2.23. The zero-order chi connectivity index (χ0) is 15.4. The minimum atomic E-state index is 0. The quantitative estimate of drug-likeness (QED) is 0.895. The number of likely N-dealkylation sites (tertiary alicyclic amines) is 1. The molecule has 1 amide bonds. The summed E-state index contributed by atoms with van der Waals surface area (Å²) in [6, 6.07) is 6.39. The van der Waals surface area contributed by atoms with Gasteiger partial charge in [0.05, 0.1) is 6.54 Å². The van der Waals surface area contributed by atoms with Crippen molar-refractivity contribution >= 4 is 24.0 Å². The lowest BCUT2D eigenvalue weighted by molar-refractivity contribution is -0.118. The number of carbonyl (C=O) groups excluding carboxylic acids is 1. The Kier molecular flexibility index (Phi) is 7.33. The zero-order valence-electron chi connectivity index (χ0n) is 13.8. The predicted octanol–water partition coefficient (Wildman–Crippen LogP) is 2.72. The summed E-state index contributed by atoms with van der Waals surface area (Å²) in [5, 5.41) is 3.06. The van der Waals surface area contributed by atoms with Gasteiger partial charge in [0.15, 0.2) is 0 Å². The number of piperidine rings is 1. The second-order valence-electron chi connectivity index (χ2n) is 6.30. The number of benzene rings is 1. The van der Waals surface area contributed by atoms with Crippen LogP contribution in [0.3, 0.4) is 0 Å². The molecule has 2 atom stereocenters. The topological polar surface area (TPSA) is 58.4 Å². The molecule has 4 nitrogen and oxygen atoms in total. The highest BCUT2D eigenvalue weighted by Gasteiger charge is 2.26. The van der Waals surface area contributed by atoms with Crippen molar-refractivity contribution in [1.29, 1.82) is 0 Å². The first kappa shape index (κ1) is 18.9. The van der Waals surface area contributed by atoms with Gasteiger partial charge in [-0.05, 0) is 50.3 Å². The first-order chi connectivity index (χ1) is 10.0. The molecule has 1 fully saturated rings. The summed E-state index contributed by atoms with van der Waals surface area (Å²) < 4.78 is 0. The molecule has 0 spiro atoms. The van der Waals surface area contributed by atoms with Gasteiger partial charge in [-0.2, -0.15) is 0 Å². The third kappa shape index (κ3) is 4.70. The van der Waals surface area contributed by atoms with E-state index in [1.165, 1.54) is 0 Å². The van der Waals surface area contributed by atoms with Crippen LogP contribution in [-0.4, -0.2) is 36.5 Å². The molecular weight excluding hydrogens is 298 g/mol. The Balaban J connectivity index is 0.00000242. The SMILES string of the molecule is Cc1cccc(C)c1NC(=O)CN1CCC(C)CC1CN.Cl. The van der Waals surface area contributed by atoms with Gasteiger partial charge in [-0.15, -0.1) is 12.4 Å². The molecule has 0 saturated carbocycles. The van der Waals surface area contributed by atoms with Crippen LogP contribution in [0.25, 0.3) is 0 Å². The molecule has 1 aromatic rings. The van der Waals surface area contributed by atoms with Gasteiger partial charge in [-0.1, -0.05) is 25.1 Å². The van der Waals surface area contributed by atoms with Crippen molar-refractivity contribution in [2.45, 2.75) is 39.7 Å². The molecule has 0 radical (unpaired) electrons. The van der Waals surface area contributed by atoms with Crippen LogP contribution in [0.5, 0.6) is 0 Å². The Labute approximate surface area is 139 Å². The lowest BCUT2D eigenvalue weighted by atomic mass is 9.92. The molecule has 1 saturated heterocycles. The van der Waals surface area contributed by atoms with Gasteiger partial charge in [-0.3, -0.25) is 9.69 Å². The van der Waals surface area contributed by atoms with Crippen LogP contribution in [0.4, 0.5) is 5.69 Å². The zero-order valence-corrected chi connectivity index (χ0v) is 14.6. The largest absolute Gasteiger partial charge is 0.329 e. The molecule has 0 aliphatic carbocycles. The minimum Gasteiger partial charge on any atom is -0.329 e. The van der Waals surface area contributed by atoms with E-state index in [0.717, 1.165) is 36.2 Å². The number of aryl methyl sites for hydroxylation is 2. The summed E-state index contributed by atoms with van der Waals surface area (Å²) in [5.41, 5.74) is 9.01. The van der Waals surface area contributed by atoms with E-state index in [9.17, 15) is 4.79 Å². The predicted molar refractivity (Wildman–Crippen MR) is 94.6 cm³/mol. The number of nitrogens with zero attached hydrogens (tertiary/aromatic N) is 1. The van der Waals surface area contributed by atoms with Gasteiger partial charge in [0.1, 0.15) is 0 Å². The van der Waals surface area contributed by atoms with E-state index in [1.54, 1.807) is 0 Å². The maximum Gasteiger partial charge on any atom is 0.238 e. The second kappa shape index (κ2) is 8.51. The van der Waals surface area contributed by atoms with E-state index in [4.69, 9.17) is 5.73 Å². The van der Waals surface area contributed by atoms with E-state index in [-0.39, 0.29) is 18.3 Å². The van der Waals surface area contributed by atoms with Gasteiger partial charge < -0.3 is 11.1 Å². The Hall–Kier alpha value is -1.10. The van der Waals surface area contributed by atoms with Gasteiger partial charge in [0.25, 0.3) is 0 Å². The maximum absolute atomic E-state index is 12.3. The van der Waals surface area contributed by atoms with Crippen LogP contribution in [0.15, 0.2) is 18.2 Å². The number of nitrogens with one attached hydrogen (secondary N) is 1. The van der Waals surface area contributed by atoms with Crippen LogP contribution >= 0.6 is 12.4 Å². The number of para-hydroxylation sites is 1. The number of nitrogens with two attached hydrogens (primary N) is 1. The standard InChI is InChI=1S/C17H27N3O.ClH/c1-12-7-8-20(15(9-12)10-18)11-16(21)19-17-13(2)5-4-6-14(17)3;/h4-6,12,15H,7-11,18H2,1-3H3,(H,19,21);1H. The monoisotopic (exact) mass is 325 g/mol. The van der Waals surface area contributed by atoms with E-state index in [0.29, 0.717) is 25.0 Å². The molecule has 2 unspecified atom stereocenters. The average Bonchev–Trinajstić information content (AvgIpc) is 2.45. The van der Waals surface area contributed by atoms with Gasteiger partial charge in [0.2, 0.25) is 5.91 Å². The molecule has 2 rings (SSSR count). The van der Waals surface area contributed by atoms with E-state index in [1.807, 2.05) is 32.0 Å². The van der Waals surface area contributed by atoms with Gasteiger partial charge in [0, 0.05) is 18.3 Å².